The summed E-state index contributed by atoms with van der Waals surface area (Å²) in [5, 5.41) is 41.1. The zero-order chi connectivity index (χ0) is 31.4. The van der Waals surface area contributed by atoms with Crippen molar-refractivity contribution in [2.24, 2.45) is 0 Å². The maximum absolute atomic E-state index is 12.5. The molecule has 44 heavy (non-hydrogen) atoms. The van der Waals surface area contributed by atoms with Gasteiger partial charge in [0, 0.05) is 53.1 Å². The molecular weight excluding hydrogens is 602 g/mol. The summed E-state index contributed by atoms with van der Waals surface area (Å²) in [4.78, 5) is 69.6. The van der Waals surface area contributed by atoms with Crippen LogP contribution >= 0.6 is 0 Å². The number of benzene rings is 3. The van der Waals surface area contributed by atoms with Gasteiger partial charge in [0.1, 0.15) is 0 Å². The van der Waals surface area contributed by atoms with Gasteiger partial charge in [-0.05, 0) is 18.2 Å². The summed E-state index contributed by atoms with van der Waals surface area (Å²) >= 11 is 0. The van der Waals surface area contributed by atoms with Crippen LogP contribution in [0.4, 0.5) is 17.1 Å². The molecule has 0 spiro atoms. The molecule has 0 bridgehead atoms. The molecular formula is C27H28ClN7O9. The van der Waals surface area contributed by atoms with E-state index in [1.807, 2.05) is 0 Å². The molecule has 3 rings (SSSR count). The molecule has 3 amide bonds. The standard InChI is InChI=1S/C27H27N7O9.ClH/c35-25(19-4-1-7-22(16-19)32(38)39)28-10-13-31(14-11-29-26(36)20-5-2-8-23(17-20)33(40)41)15-12-30-27(37)21-6-3-9-24(18-21)34(42)43;/h1-9,16-18H,10-15H2,(H,28,35)(H,29,36)(H,30,37);1H. The highest BCUT2D eigenvalue weighted by Crippen LogP contribution is 2.14. The third-order valence-electron chi connectivity index (χ3n) is 6.25. The number of nitrogens with zero attached hydrogens (tertiary/aromatic N) is 3. The summed E-state index contributed by atoms with van der Waals surface area (Å²) in [6, 6.07) is 15.8. The van der Waals surface area contributed by atoms with E-state index in [0.717, 1.165) is 23.1 Å². The number of carbonyl (C=O) groups excluding carboxylic acids is 3. The molecule has 0 heterocycles. The molecule has 0 aliphatic carbocycles. The van der Waals surface area contributed by atoms with Crippen molar-refractivity contribution >= 4 is 34.8 Å². The highest BCUT2D eigenvalue weighted by Gasteiger charge is 2.16. The van der Waals surface area contributed by atoms with Crippen molar-refractivity contribution < 1.29 is 46.5 Å². The lowest BCUT2D eigenvalue weighted by Gasteiger charge is -2.20. The SMILES string of the molecule is O=C(NCC[NH+](CCNC(=O)c1cccc([N+](=O)[O-])c1)CCNC(=O)c1cccc([N+](=O)[O-])c1)c1cccc([N+](=O)[O-])c1.[Cl-]. The molecule has 3 aromatic rings. The summed E-state index contributed by atoms with van der Waals surface area (Å²) < 4.78 is 0. The second-order valence-corrected chi connectivity index (χ2v) is 9.19. The Morgan fingerprint density at radius 3 is 1.07 bits per heavy atom. The Morgan fingerprint density at radius 2 is 0.818 bits per heavy atom. The van der Waals surface area contributed by atoms with E-state index in [-0.39, 0.29) is 65.8 Å². The molecule has 4 N–H and O–H groups in total. The van der Waals surface area contributed by atoms with Crippen molar-refractivity contribution in [1.29, 1.82) is 0 Å². The van der Waals surface area contributed by atoms with E-state index in [4.69, 9.17) is 0 Å². The molecule has 17 heteroatoms. The number of hydrogen-bond acceptors (Lipinski definition) is 9. The lowest BCUT2D eigenvalue weighted by atomic mass is 10.2. The topological polar surface area (TPSA) is 221 Å². The first-order valence-corrected chi connectivity index (χ1v) is 13.0. The first-order valence-electron chi connectivity index (χ1n) is 13.0. The minimum Gasteiger partial charge on any atom is -1.00 e. The van der Waals surface area contributed by atoms with Crippen LogP contribution in [0.5, 0.6) is 0 Å². The monoisotopic (exact) mass is 629 g/mol. The number of non-ortho nitro benzene ring substituents is 3. The van der Waals surface area contributed by atoms with Gasteiger partial charge in [-0.25, -0.2) is 0 Å². The summed E-state index contributed by atoms with van der Waals surface area (Å²) in [7, 11) is 0. The van der Waals surface area contributed by atoms with Gasteiger partial charge in [0.2, 0.25) is 0 Å². The van der Waals surface area contributed by atoms with Gasteiger partial charge in [-0.3, -0.25) is 44.7 Å². The van der Waals surface area contributed by atoms with E-state index in [9.17, 15) is 44.7 Å². The van der Waals surface area contributed by atoms with Crippen molar-refractivity contribution in [3.63, 3.8) is 0 Å². The maximum Gasteiger partial charge on any atom is 0.270 e. The molecule has 16 nitrogen and oxygen atoms in total. The summed E-state index contributed by atoms with van der Waals surface area (Å²) in [5.41, 5.74) is -0.325. The van der Waals surface area contributed by atoms with Crippen molar-refractivity contribution in [2.45, 2.75) is 0 Å². The number of nitrogens with one attached hydrogen (secondary N) is 4. The lowest BCUT2D eigenvalue weighted by Crippen LogP contribution is -3.14. The number of quaternary nitrogens is 1. The Morgan fingerprint density at radius 1 is 0.545 bits per heavy atom. The third-order valence-corrected chi connectivity index (χ3v) is 6.25. The first-order chi connectivity index (χ1) is 20.5. The molecule has 0 fully saturated rings. The molecule has 0 unspecified atom stereocenters. The van der Waals surface area contributed by atoms with E-state index < -0.39 is 32.5 Å². The predicted molar refractivity (Wildman–Crippen MR) is 152 cm³/mol. The van der Waals surface area contributed by atoms with E-state index in [1.165, 1.54) is 54.6 Å². The van der Waals surface area contributed by atoms with Gasteiger partial charge in [0.05, 0.1) is 54.0 Å². The molecule has 0 saturated carbocycles. The highest BCUT2D eigenvalue weighted by molar-refractivity contribution is 5.95. The first kappa shape index (κ1) is 34.7. The van der Waals surface area contributed by atoms with Crippen LogP contribution in [0.3, 0.4) is 0 Å². The quantitative estimate of drug-likeness (QED) is 0.107. The number of carbonyl (C=O) groups is 3. The van der Waals surface area contributed by atoms with Crippen LogP contribution in [0.1, 0.15) is 31.1 Å². The zero-order valence-corrected chi connectivity index (χ0v) is 23.8. The van der Waals surface area contributed by atoms with Crippen molar-refractivity contribution in [3.05, 3.63) is 120 Å². The maximum atomic E-state index is 12.5. The molecule has 0 aromatic heterocycles. The fraction of sp³-hybridized carbons (Fsp3) is 0.222. The van der Waals surface area contributed by atoms with Gasteiger partial charge in [-0.15, -0.1) is 0 Å². The summed E-state index contributed by atoms with van der Waals surface area (Å²) in [5.74, 6) is -1.54. The molecule has 0 atom stereocenters. The van der Waals surface area contributed by atoms with Crippen LogP contribution in [-0.2, 0) is 0 Å². The van der Waals surface area contributed by atoms with E-state index in [1.54, 1.807) is 0 Å². The molecule has 0 aliphatic heterocycles. The van der Waals surface area contributed by atoms with Crippen LogP contribution < -0.4 is 33.3 Å². The molecule has 232 valence electrons. The second-order valence-electron chi connectivity index (χ2n) is 9.19. The number of nitro groups is 3. The number of amides is 3. The molecule has 0 aliphatic rings. The second kappa shape index (κ2) is 16.8. The lowest BCUT2D eigenvalue weighted by molar-refractivity contribution is -0.896. The number of rotatable bonds is 15. The summed E-state index contributed by atoms with van der Waals surface area (Å²) in [6.07, 6.45) is 0. The average molecular weight is 630 g/mol. The minimum atomic E-state index is -0.605. The van der Waals surface area contributed by atoms with E-state index in [2.05, 4.69) is 16.0 Å². The molecule has 0 saturated heterocycles. The highest BCUT2D eigenvalue weighted by atomic mass is 35.5. The third kappa shape index (κ3) is 10.4. The Kier molecular flexibility index (Phi) is 13.3. The number of halogens is 1. The van der Waals surface area contributed by atoms with Gasteiger partial charge in [0.25, 0.3) is 34.8 Å². The zero-order valence-electron chi connectivity index (χ0n) is 23.1. The largest absolute Gasteiger partial charge is 1.00 e. The van der Waals surface area contributed by atoms with Crippen molar-refractivity contribution in [2.75, 3.05) is 39.3 Å². The van der Waals surface area contributed by atoms with Gasteiger partial charge in [-0.1, -0.05) is 18.2 Å². The van der Waals surface area contributed by atoms with Crippen molar-refractivity contribution in [3.8, 4) is 0 Å². The van der Waals surface area contributed by atoms with Crippen LogP contribution in [0.25, 0.3) is 0 Å². The van der Waals surface area contributed by atoms with E-state index in [0.29, 0.717) is 19.6 Å². The Bertz CT molecular complexity index is 1360. The normalized spacial score (nSPS) is 10.3. The fourth-order valence-electron chi connectivity index (χ4n) is 4.02. The van der Waals surface area contributed by atoms with Crippen LogP contribution in [0.2, 0.25) is 0 Å². The van der Waals surface area contributed by atoms with Crippen molar-refractivity contribution in [1.82, 2.24) is 16.0 Å². The Labute approximate surface area is 256 Å². The van der Waals surface area contributed by atoms with Gasteiger partial charge in [-0.2, -0.15) is 0 Å². The fourth-order valence-corrected chi connectivity index (χ4v) is 4.02. The van der Waals surface area contributed by atoms with Gasteiger partial charge < -0.3 is 33.3 Å². The Balaban J connectivity index is 0.00000675. The average Bonchev–Trinajstić information content (AvgIpc) is 3.00. The minimum absolute atomic E-state index is 0. The Hall–Kier alpha value is -5.48. The molecule has 0 radical (unpaired) electrons. The van der Waals surface area contributed by atoms with Gasteiger partial charge >= 0.3 is 0 Å². The smallest absolute Gasteiger partial charge is 0.270 e. The van der Waals surface area contributed by atoms with Crippen LogP contribution in [-0.4, -0.2) is 71.8 Å². The molecule has 3 aromatic carbocycles. The number of nitro benzene ring substituents is 3. The number of hydrogen-bond donors (Lipinski definition) is 4. The summed E-state index contributed by atoms with van der Waals surface area (Å²) in [6.45, 7) is 1.53. The van der Waals surface area contributed by atoms with Crippen LogP contribution in [0.15, 0.2) is 72.8 Å². The predicted octanol–water partition coefficient (Wildman–Crippen LogP) is -2.11. The van der Waals surface area contributed by atoms with E-state index >= 15 is 0 Å². The van der Waals surface area contributed by atoms with Crippen LogP contribution in [0, 0.1) is 30.3 Å². The van der Waals surface area contributed by atoms with Gasteiger partial charge in [0.15, 0.2) is 0 Å².